The summed E-state index contributed by atoms with van der Waals surface area (Å²) in [6.45, 7) is 4.00. The maximum Gasteiger partial charge on any atom is 0.190 e. The predicted octanol–water partition coefficient (Wildman–Crippen LogP) is 2.41. The molecule has 0 spiro atoms. The monoisotopic (exact) mass is 431 g/mol. The summed E-state index contributed by atoms with van der Waals surface area (Å²) < 4.78 is 9.07. The van der Waals surface area contributed by atoms with Gasteiger partial charge in [0.05, 0.1) is 30.6 Å². The first-order valence-electron chi connectivity index (χ1n) is 10.6. The van der Waals surface area contributed by atoms with Gasteiger partial charge in [-0.15, -0.1) is 5.10 Å². The zero-order valence-electron chi connectivity index (χ0n) is 18.1. The maximum absolute atomic E-state index is 6.24. The fourth-order valence-corrected chi connectivity index (χ4v) is 4.09. The van der Waals surface area contributed by atoms with Gasteiger partial charge in [-0.2, -0.15) is 9.78 Å². The Bertz CT molecular complexity index is 1240. The van der Waals surface area contributed by atoms with Crippen LogP contribution in [0, 0.1) is 6.92 Å². The Balaban J connectivity index is 1.50. The standard InChI is InChI=1S/C22H25N9O/c1-14-9-18(3-4-20(14)32-2)31-22(27-28-29-31)19-10-15(11-25-21(19)23)16-12-26-30(13-16)17-5-7-24-8-6-17/h3-4,9-13,17,24H,5-8H2,1-2H3,(H2,23,25). The van der Waals surface area contributed by atoms with Gasteiger partial charge in [0.15, 0.2) is 5.82 Å². The highest BCUT2D eigenvalue weighted by Crippen LogP contribution is 2.31. The average Bonchev–Trinajstić information content (AvgIpc) is 3.50. The number of methoxy groups -OCH3 is 1. The van der Waals surface area contributed by atoms with E-state index in [0.29, 0.717) is 23.2 Å². The molecule has 0 radical (unpaired) electrons. The van der Waals surface area contributed by atoms with E-state index >= 15 is 0 Å². The highest BCUT2D eigenvalue weighted by atomic mass is 16.5. The van der Waals surface area contributed by atoms with E-state index in [2.05, 4.69) is 41.8 Å². The number of benzene rings is 1. The van der Waals surface area contributed by atoms with Crippen molar-refractivity contribution in [3.63, 3.8) is 0 Å². The SMILES string of the molecule is COc1ccc(-n2nnnc2-c2cc(-c3cnn(C4CCNCC4)c3)cnc2N)cc1C. The molecule has 164 valence electrons. The number of aryl methyl sites for hydroxylation is 1. The number of ether oxygens (including phenoxy) is 1. The molecule has 32 heavy (non-hydrogen) atoms. The van der Waals surface area contributed by atoms with Gasteiger partial charge in [0.25, 0.3) is 0 Å². The molecular formula is C22H25N9O. The molecule has 3 aromatic heterocycles. The van der Waals surface area contributed by atoms with Crippen LogP contribution in [0.4, 0.5) is 5.82 Å². The Morgan fingerprint density at radius 3 is 2.75 bits per heavy atom. The topological polar surface area (TPSA) is 122 Å². The lowest BCUT2D eigenvalue weighted by Crippen LogP contribution is -2.29. The van der Waals surface area contributed by atoms with Crippen LogP contribution in [0.3, 0.4) is 0 Å². The molecule has 1 aliphatic heterocycles. The van der Waals surface area contributed by atoms with Crippen LogP contribution in [-0.2, 0) is 0 Å². The number of nitrogens with one attached hydrogen (secondary N) is 1. The first-order chi connectivity index (χ1) is 15.6. The van der Waals surface area contributed by atoms with Crippen molar-refractivity contribution >= 4 is 5.82 Å². The molecule has 1 saturated heterocycles. The Hall–Kier alpha value is -3.79. The van der Waals surface area contributed by atoms with Crippen molar-refractivity contribution in [2.75, 3.05) is 25.9 Å². The second kappa shape index (κ2) is 8.39. The number of piperidine rings is 1. The average molecular weight is 432 g/mol. The van der Waals surface area contributed by atoms with E-state index in [1.54, 1.807) is 18.0 Å². The van der Waals surface area contributed by atoms with Gasteiger partial charge in [0, 0.05) is 23.5 Å². The maximum atomic E-state index is 6.24. The molecule has 0 saturated carbocycles. The van der Waals surface area contributed by atoms with E-state index in [0.717, 1.165) is 54.1 Å². The van der Waals surface area contributed by atoms with Gasteiger partial charge in [0.2, 0.25) is 0 Å². The van der Waals surface area contributed by atoms with Crippen molar-refractivity contribution in [2.24, 2.45) is 0 Å². The van der Waals surface area contributed by atoms with Crippen molar-refractivity contribution in [3.05, 3.63) is 48.4 Å². The summed E-state index contributed by atoms with van der Waals surface area (Å²) in [5.74, 6) is 1.69. The van der Waals surface area contributed by atoms with Gasteiger partial charge in [0.1, 0.15) is 11.6 Å². The fourth-order valence-electron chi connectivity index (χ4n) is 4.09. The molecule has 0 atom stereocenters. The second-order valence-electron chi connectivity index (χ2n) is 7.92. The number of nitrogens with two attached hydrogens (primary N) is 1. The van der Waals surface area contributed by atoms with E-state index in [1.165, 1.54) is 0 Å². The summed E-state index contributed by atoms with van der Waals surface area (Å²) in [6, 6.07) is 8.14. The number of anilines is 1. The van der Waals surface area contributed by atoms with Crippen LogP contribution < -0.4 is 15.8 Å². The van der Waals surface area contributed by atoms with Gasteiger partial charge in [-0.1, -0.05) is 0 Å². The van der Waals surface area contributed by atoms with Crippen molar-refractivity contribution in [1.82, 2.24) is 40.3 Å². The number of aromatic nitrogens is 7. The van der Waals surface area contributed by atoms with Crippen molar-refractivity contribution in [1.29, 1.82) is 0 Å². The third kappa shape index (κ3) is 3.69. The van der Waals surface area contributed by atoms with E-state index in [4.69, 9.17) is 10.5 Å². The minimum atomic E-state index is 0.362. The van der Waals surface area contributed by atoms with Crippen molar-refractivity contribution < 1.29 is 4.74 Å². The molecule has 1 aliphatic rings. The van der Waals surface area contributed by atoms with Crippen LogP contribution >= 0.6 is 0 Å². The molecule has 10 nitrogen and oxygen atoms in total. The van der Waals surface area contributed by atoms with E-state index < -0.39 is 0 Å². The summed E-state index contributed by atoms with van der Waals surface area (Å²) in [5.41, 5.74) is 10.6. The second-order valence-corrected chi connectivity index (χ2v) is 7.92. The number of pyridine rings is 1. The van der Waals surface area contributed by atoms with Gasteiger partial charge in [-0.05, 0) is 73.1 Å². The molecule has 1 aromatic carbocycles. The molecule has 1 fully saturated rings. The Morgan fingerprint density at radius 2 is 1.97 bits per heavy atom. The Labute approximate surface area is 185 Å². The molecule has 5 rings (SSSR count). The number of hydrogen-bond acceptors (Lipinski definition) is 8. The third-order valence-electron chi connectivity index (χ3n) is 5.87. The van der Waals surface area contributed by atoms with Gasteiger partial charge < -0.3 is 15.8 Å². The molecule has 0 amide bonds. The quantitative estimate of drug-likeness (QED) is 0.494. The molecule has 0 bridgehead atoms. The molecule has 10 heteroatoms. The van der Waals surface area contributed by atoms with Crippen LogP contribution in [0.2, 0.25) is 0 Å². The summed E-state index contributed by atoms with van der Waals surface area (Å²) in [5, 5.41) is 20.3. The molecular weight excluding hydrogens is 406 g/mol. The first-order valence-corrected chi connectivity index (χ1v) is 10.6. The smallest absolute Gasteiger partial charge is 0.190 e. The summed E-state index contributed by atoms with van der Waals surface area (Å²) >= 11 is 0. The number of nitrogens with zero attached hydrogens (tertiary/aromatic N) is 7. The van der Waals surface area contributed by atoms with Crippen LogP contribution in [0.15, 0.2) is 42.9 Å². The highest BCUT2D eigenvalue weighted by Gasteiger charge is 2.19. The van der Waals surface area contributed by atoms with Crippen LogP contribution in [0.25, 0.3) is 28.2 Å². The molecule has 0 aliphatic carbocycles. The van der Waals surface area contributed by atoms with Crippen LogP contribution in [0.5, 0.6) is 5.75 Å². The van der Waals surface area contributed by atoms with E-state index in [-0.39, 0.29) is 0 Å². The zero-order chi connectivity index (χ0) is 22.1. The molecule has 0 unspecified atom stereocenters. The first kappa shape index (κ1) is 20.1. The van der Waals surface area contributed by atoms with Crippen LogP contribution in [0.1, 0.15) is 24.4 Å². The molecule has 4 heterocycles. The normalized spacial score (nSPS) is 14.6. The van der Waals surface area contributed by atoms with Crippen molar-refractivity contribution in [3.8, 4) is 34.0 Å². The fraction of sp³-hybridized carbons (Fsp3) is 0.318. The Morgan fingerprint density at radius 1 is 1.12 bits per heavy atom. The van der Waals surface area contributed by atoms with Gasteiger partial charge in [-0.25, -0.2) is 4.98 Å². The predicted molar refractivity (Wildman–Crippen MR) is 120 cm³/mol. The number of rotatable bonds is 5. The lowest BCUT2D eigenvalue weighted by atomic mass is 10.1. The van der Waals surface area contributed by atoms with Crippen molar-refractivity contribution in [2.45, 2.75) is 25.8 Å². The summed E-state index contributed by atoms with van der Waals surface area (Å²) in [7, 11) is 1.65. The number of tetrazole rings is 1. The highest BCUT2D eigenvalue weighted by molar-refractivity contribution is 5.76. The van der Waals surface area contributed by atoms with E-state index in [9.17, 15) is 0 Å². The third-order valence-corrected chi connectivity index (χ3v) is 5.87. The lowest BCUT2D eigenvalue weighted by Gasteiger charge is -2.22. The molecule has 4 aromatic rings. The zero-order valence-corrected chi connectivity index (χ0v) is 18.1. The summed E-state index contributed by atoms with van der Waals surface area (Å²) in [6.07, 6.45) is 7.84. The number of hydrogen-bond donors (Lipinski definition) is 2. The van der Waals surface area contributed by atoms with Gasteiger partial charge >= 0.3 is 0 Å². The minimum absolute atomic E-state index is 0.362. The van der Waals surface area contributed by atoms with Gasteiger partial charge in [-0.3, -0.25) is 4.68 Å². The number of nitrogen functional groups attached to an aromatic ring is 1. The summed E-state index contributed by atoms with van der Waals surface area (Å²) in [4.78, 5) is 4.41. The largest absolute Gasteiger partial charge is 0.496 e. The van der Waals surface area contributed by atoms with Crippen LogP contribution in [-0.4, -0.2) is 55.2 Å². The minimum Gasteiger partial charge on any atom is -0.496 e. The van der Waals surface area contributed by atoms with E-state index in [1.807, 2.05) is 37.4 Å². The Kier molecular flexibility index (Phi) is 5.28. The molecule has 3 N–H and O–H groups in total. The lowest BCUT2D eigenvalue weighted by molar-refractivity contribution is 0.343.